The number of nitrogens with one attached hydrogen (secondary N) is 1. The molecule has 35 heavy (non-hydrogen) atoms. The van der Waals surface area contributed by atoms with Gasteiger partial charge in [0.15, 0.2) is 0 Å². The van der Waals surface area contributed by atoms with Crippen LogP contribution in [0.25, 0.3) is 10.9 Å². The van der Waals surface area contributed by atoms with Crippen LogP contribution >= 0.6 is 0 Å². The summed E-state index contributed by atoms with van der Waals surface area (Å²) in [7, 11) is 0. The van der Waals surface area contributed by atoms with Crippen molar-refractivity contribution < 1.29 is 14.3 Å². The van der Waals surface area contributed by atoms with E-state index >= 15 is 0 Å². The Labute approximate surface area is 206 Å². The molecule has 5 rings (SSSR count). The second-order valence-electron chi connectivity index (χ2n) is 9.03. The molecule has 5 nitrogen and oxygen atoms in total. The fraction of sp³-hybridized carbons (Fsp3) is 0.300. The first-order valence-corrected chi connectivity index (χ1v) is 12.4. The van der Waals surface area contributed by atoms with Gasteiger partial charge in [0, 0.05) is 42.5 Å². The van der Waals surface area contributed by atoms with Gasteiger partial charge in [-0.15, -0.1) is 0 Å². The van der Waals surface area contributed by atoms with Gasteiger partial charge in [0.2, 0.25) is 5.91 Å². The fourth-order valence-corrected chi connectivity index (χ4v) is 4.88. The van der Waals surface area contributed by atoms with E-state index in [0.717, 1.165) is 34.4 Å². The lowest BCUT2D eigenvalue weighted by molar-refractivity contribution is -0.135. The van der Waals surface area contributed by atoms with Crippen LogP contribution in [0.5, 0.6) is 5.75 Å². The number of morpholine rings is 1. The van der Waals surface area contributed by atoms with E-state index in [1.807, 2.05) is 35.2 Å². The maximum atomic E-state index is 13.3. The van der Waals surface area contributed by atoms with Gasteiger partial charge in [0.1, 0.15) is 12.4 Å². The number of fused-ring (bicyclic) bond motifs is 1. The Hall–Kier alpha value is -3.57. The number of hydrogen-bond acceptors (Lipinski definition) is 3. The molecule has 1 aliphatic rings. The highest BCUT2D eigenvalue weighted by molar-refractivity contribution is 5.88. The summed E-state index contributed by atoms with van der Waals surface area (Å²) >= 11 is 0. The van der Waals surface area contributed by atoms with Crippen LogP contribution in [0.4, 0.5) is 0 Å². The molecule has 3 aromatic carbocycles. The summed E-state index contributed by atoms with van der Waals surface area (Å²) in [6, 6.07) is 24.8. The lowest BCUT2D eigenvalue weighted by atomic mass is 9.87. The zero-order valence-corrected chi connectivity index (χ0v) is 20.2. The number of nitrogens with zero attached hydrogens (tertiary/aromatic N) is 1. The average molecular weight is 469 g/mol. The van der Waals surface area contributed by atoms with Crippen molar-refractivity contribution in [1.82, 2.24) is 9.88 Å². The number of rotatable bonds is 8. The van der Waals surface area contributed by atoms with Crippen molar-refractivity contribution in [2.24, 2.45) is 0 Å². The first kappa shape index (κ1) is 23.2. The smallest absolute Gasteiger partial charge is 0.223 e. The molecule has 0 aliphatic carbocycles. The predicted molar refractivity (Wildman–Crippen MR) is 139 cm³/mol. The van der Waals surface area contributed by atoms with Crippen molar-refractivity contribution >= 4 is 16.8 Å². The van der Waals surface area contributed by atoms with Gasteiger partial charge in [-0.1, -0.05) is 67.6 Å². The van der Waals surface area contributed by atoms with Crippen molar-refractivity contribution in [1.29, 1.82) is 0 Å². The Bertz CT molecular complexity index is 1260. The fourth-order valence-electron chi connectivity index (χ4n) is 4.88. The molecule has 4 aromatic rings. The Morgan fingerprint density at radius 3 is 2.51 bits per heavy atom. The molecule has 0 spiro atoms. The van der Waals surface area contributed by atoms with Gasteiger partial charge >= 0.3 is 0 Å². The van der Waals surface area contributed by atoms with Crippen LogP contribution in [0.2, 0.25) is 0 Å². The molecule has 180 valence electrons. The Morgan fingerprint density at radius 1 is 1.00 bits per heavy atom. The number of benzene rings is 3. The van der Waals surface area contributed by atoms with Crippen molar-refractivity contribution in [3.05, 3.63) is 101 Å². The zero-order chi connectivity index (χ0) is 24.0. The Kier molecular flexibility index (Phi) is 7.15. The second-order valence-corrected chi connectivity index (χ2v) is 9.03. The molecule has 0 bridgehead atoms. The number of H-pyrrole nitrogens is 1. The molecule has 1 atom stereocenters. The van der Waals surface area contributed by atoms with Crippen LogP contribution in [0.3, 0.4) is 0 Å². The normalized spacial score (nSPS) is 14.7. The highest BCUT2D eigenvalue weighted by atomic mass is 16.5. The highest BCUT2D eigenvalue weighted by Gasteiger charge is 2.25. The largest absolute Gasteiger partial charge is 0.489 e. The van der Waals surface area contributed by atoms with E-state index in [4.69, 9.17) is 9.47 Å². The zero-order valence-electron chi connectivity index (χ0n) is 20.2. The summed E-state index contributed by atoms with van der Waals surface area (Å²) in [5.74, 6) is 0.945. The van der Waals surface area contributed by atoms with Crippen molar-refractivity contribution in [2.45, 2.75) is 32.3 Å². The highest BCUT2D eigenvalue weighted by Crippen LogP contribution is 2.36. The van der Waals surface area contributed by atoms with E-state index in [9.17, 15) is 4.79 Å². The third kappa shape index (κ3) is 5.25. The third-order valence-electron chi connectivity index (χ3n) is 6.86. The van der Waals surface area contributed by atoms with Crippen LogP contribution in [0.15, 0.2) is 79.0 Å². The van der Waals surface area contributed by atoms with E-state index in [2.05, 4.69) is 60.6 Å². The van der Waals surface area contributed by atoms with Crippen LogP contribution in [-0.2, 0) is 22.6 Å². The summed E-state index contributed by atoms with van der Waals surface area (Å²) < 4.78 is 11.4. The maximum absolute atomic E-state index is 13.3. The summed E-state index contributed by atoms with van der Waals surface area (Å²) in [5.41, 5.74) is 5.86. The number of para-hydroxylation sites is 1. The van der Waals surface area contributed by atoms with E-state index in [1.165, 1.54) is 10.9 Å². The number of carbonyl (C=O) groups is 1. The topological polar surface area (TPSA) is 54.6 Å². The number of hydrogen-bond donors (Lipinski definition) is 1. The van der Waals surface area contributed by atoms with Crippen molar-refractivity contribution in [3.8, 4) is 5.75 Å². The molecule has 1 unspecified atom stereocenters. The number of carbonyl (C=O) groups excluding carboxylic acids is 1. The second kappa shape index (κ2) is 10.8. The number of aromatic amines is 1. The summed E-state index contributed by atoms with van der Waals surface area (Å²) in [5, 5.41) is 1.19. The SMILES string of the molecule is CCc1cccc2c(C(CC(=O)N3CCOCC3)c3ccc(OCc4ccccc4)cc3)c[nH]c12. The lowest BCUT2D eigenvalue weighted by Crippen LogP contribution is -2.41. The first-order valence-electron chi connectivity index (χ1n) is 12.4. The number of amides is 1. The molecular formula is C30H32N2O3. The molecule has 2 heterocycles. The predicted octanol–water partition coefficient (Wildman–Crippen LogP) is 5.69. The molecule has 1 fully saturated rings. The molecule has 0 radical (unpaired) electrons. The van der Waals surface area contributed by atoms with Crippen molar-refractivity contribution in [3.63, 3.8) is 0 Å². The lowest BCUT2D eigenvalue weighted by Gasteiger charge is -2.28. The van der Waals surface area contributed by atoms with Crippen LogP contribution in [-0.4, -0.2) is 42.1 Å². The third-order valence-corrected chi connectivity index (χ3v) is 6.86. The standard InChI is InChI=1S/C30H32N2O3/c1-2-23-9-6-10-26-28(20-31-30(23)26)27(19-29(33)32-15-17-34-18-16-32)24-11-13-25(14-12-24)35-21-22-7-4-3-5-8-22/h3-14,20,27,31H,2,15-19,21H2,1H3. The average Bonchev–Trinajstić information content (AvgIpc) is 3.36. The van der Waals surface area contributed by atoms with E-state index in [1.54, 1.807) is 0 Å². The van der Waals surface area contributed by atoms with E-state index < -0.39 is 0 Å². The van der Waals surface area contributed by atoms with Crippen LogP contribution in [0, 0.1) is 0 Å². The number of ether oxygens (including phenoxy) is 2. The minimum absolute atomic E-state index is 0.0469. The number of aromatic nitrogens is 1. The molecule has 1 aliphatic heterocycles. The minimum Gasteiger partial charge on any atom is -0.489 e. The van der Waals surface area contributed by atoms with Gasteiger partial charge in [0.25, 0.3) is 0 Å². The van der Waals surface area contributed by atoms with E-state index in [0.29, 0.717) is 39.3 Å². The number of aryl methyl sites for hydroxylation is 1. The van der Waals surface area contributed by atoms with Gasteiger partial charge in [0.05, 0.1) is 13.2 Å². The molecule has 1 saturated heterocycles. The maximum Gasteiger partial charge on any atom is 0.223 e. The first-order chi connectivity index (χ1) is 17.2. The van der Waals surface area contributed by atoms with Gasteiger partial charge < -0.3 is 19.4 Å². The Balaban J connectivity index is 1.42. The summed E-state index contributed by atoms with van der Waals surface area (Å²) in [4.78, 5) is 18.7. The summed E-state index contributed by atoms with van der Waals surface area (Å²) in [6.45, 7) is 5.23. The molecule has 5 heteroatoms. The van der Waals surface area contributed by atoms with Gasteiger partial charge in [-0.2, -0.15) is 0 Å². The summed E-state index contributed by atoms with van der Waals surface area (Å²) in [6.07, 6.45) is 3.47. The van der Waals surface area contributed by atoms with Gasteiger partial charge in [-0.3, -0.25) is 4.79 Å². The molecular weight excluding hydrogens is 436 g/mol. The molecule has 1 N–H and O–H groups in total. The molecule has 1 aromatic heterocycles. The monoisotopic (exact) mass is 468 g/mol. The quantitative estimate of drug-likeness (QED) is 0.361. The van der Waals surface area contributed by atoms with Gasteiger partial charge in [-0.25, -0.2) is 0 Å². The van der Waals surface area contributed by atoms with Crippen LogP contribution < -0.4 is 4.74 Å². The molecule has 1 amide bonds. The minimum atomic E-state index is -0.0469. The van der Waals surface area contributed by atoms with Gasteiger partial charge in [-0.05, 0) is 40.8 Å². The van der Waals surface area contributed by atoms with E-state index in [-0.39, 0.29) is 11.8 Å². The Morgan fingerprint density at radius 2 is 1.77 bits per heavy atom. The van der Waals surface area contributed by atoms with Crippen molar-refractivity contribution in [2.75, 3.05) is 26.3 Å². The molecule has 0 saturated carbocycles. The van der Waals surface area contributed by atoms with Crippen LogP contribution in [0.1, 0.15) is 41.5 Å².